The fraction of sp³-hybridized carbons (Fsp3) is 0.292. The summed E-state index contributed by atoms with van der Waals surface area (Å²) in [6, 6.07) is 7.74. The Kier molecular flexibility index (Phi) is 6.89. The molecule has 1 aliphatic heterocycles. The van der Waals surface area contributed by atoms with E-state index in [9.17, 15) is 14.4 Å². The van der Waals surface area contributed by atoms with Gasteiger partial charge < -0.3 is 9.47 Å². The Balaban J connectivity index is 2.03. The minimum atomic E-state index is -0.796. The number of hydrogen-bond donors (Lipinski definition) is 1. The summed E-state index contributed by atoms with van der Waals surface area (Å²) >= 11 is 6.40. The summed E-state index contributed by atoms with van der Waals surface area (Å²) in [4.78, 5) is 39.0. The van der Waals surface area contributed by atoms with Crippen LogP contribution in [0.2, 0.25) is 5.02 Å². The number of amides is 4. The Morgan fingerprint density at radius 2 is 1.75 bits per heavy atom. The van der Waals surface area contributed by atoms with Crippen LogP contribution in [0.4, 0.5) is 10.5 Å². The van der Waals surface area contributed by atoms with Crippen LogP contribution in [0.15, 0.2) is 35.9 Å². The molecule has 3 rings (SSSR count). The van der Waals surface area contributed by atoms with E-state index in [1.54, 1.807) is 24.3 Å². The van der Waals surface area contributed by atoms with Gasteiger partial charge in [0, 0.05) is 0 Å². The van der Waals surface area contributed by atoms with Crippen LogP contribution in [-0.4, -0.2) is 31.1 Å². The van der Waals surface area contributed by atoms with Crippen molar-refractivity contribution >= 4 is 41.2 Å². The topological polar surface area (TPSA) is 84.9 Å². The van der Waals surface area contributed by atoms with Crippen molar-refractivity contribution in [2.75, 3.05) is 12.0 Å². The number of anilines is 1. The van der Waals surface area contributed by atoms with E-state index in [0.29, 0.717) is 22.7 Å². The first-order valence-electron chi connectivity index (χ1n) is 10.2. The molecule has 1 N–H and O–H groups in total. The standard InChI is InChI=1S/C24H25ClN2O5/c1-6-15(4)32-21-19(25)11-16(12-20(21)31-5)10-18-22(28)26-24(30)27(23(18)29)17-8-13(2)7-14(3)9-17/h7-12,15H,6H2,1-5H3,(H,26,28,30)/b18-10+. The number of carbonyl (C=O) groups is 3. The van der Waals surface area contributed by atoms with Crippen molar-refractivity contribution in [3.8, 4) is 11.5 Å². The lowest BCUT2D eigenvalue weighted by Gasteiger charge is -2.27. The van der Waals surface area contributed by atoms with Crippen molar-refractivity contribution in [3.05, 3.63) is 57.6 Å². The molecule has 0 radical (unpaired) electrons. The number of nitrogens with one attached hydrogen (secondary N) is 1. The molecule has 1 saturated heterocycles. The van der Waals surface area contributed by atoms with Crippen LogP contribution < -0.4 is 19.7 Å². The number of ether oxygens (including phenoxy) is 2. The average molecular weight is 457 g/mol. The molecule has 1 fully saturated rings. The third kappa shape index (κ3) is 4.78. The number of imide groups is 2. The van der Waals surface area contributed by atoms with E-state index in [0.717, 1.165) is 22.4 Å². The molecule has 2 aromatic carbocycles. The smallest absolute Gasteiger partial charge is 0.335 e. The number of nitrogens with zero attached hydrogens (tertiary/aromatic N) is 1. The van der Waals surface area contributed by atoms with Gasteiger partial charge in [0.15, 0.2) is 11.5 Å². The lowest BCUT2D eigenvalue weighted by atomic mass is 10.0. The first-order valence-corrected chi connectivity index (χ1v) is 10.6. The molecule has 7 nitrogen and oxygen atoms in total. The fourth-order valence-electron chi connectivity index (χ4n) is 3.36. The van der Waals surface area contributed by atoms with E-state index >= 15 is 0 Å². The van der Waals surface area contributed by atoms with Gasteiger partial charge in [-0.15, -0.1) is 0 Å². The summed E-state index contributed by atoms with van der Waals surface area (Å²) in [5.41, 5.74) is 2.42. The lowest BCUT2D eigenvalue weighted by molar-refractivity contribution is -0.122. The fourth-order valence-corrected chi connectivity index (χ4v) is 3.62. The number of methoxy groups -OCH3 is 1. The monoisotopic (exact) mass is 456 g/mol. The van der Waals surface area contributed by atoms with Gasteiger partial charge in [-0.1, -0.05) is 24.6 Å². The van der Waals surface area contributed by atoms with Crippen LogP contribution in [-0.2, 0) is 9.59 Å². The Bertz CT molecular complexity index is 1110. The third-order valence-corrected chi connectivity index (χ3v) is 5.30. The van der Waals surface area contributed by atoms with Gasteiger partial charge >= 0.3 is 6.03 Å². The highest BCUT2D eigenvalue weighted by Gasteiger charge is 2.37. The van der Waals surface area contributed by atoms with Gasteiger partial charge in [0.05, 0.1) is 23.9 Å². The largest absolute Gasteiger partial charge is 0.493 e. The summed E-state index contributed by atoms with van der Waals surface area (Å²) in [7, 11) is 1.48. The maximum absolute atomic E-state index is 13.2. The highest BCUT2D eigenvalue weighted by molar-refractivity contribution is 6.39. The second kappa shape index (κ2) is 9.44. The molecule has 1 unspecified atom stereocenters. The Labute approximate surface area is 191 Å². The quantitative estimate of drug-likeness (QED) is 0.498. The molecule has 1 aliphatic rings. The summed E-state index contributed by atoms with van der Waals surface area (Å²) in [6.07, 6.45) is 2.08. The van der Waals surface area contributed by atoms with E-state index < -0.39 is 17.8 Å². The van der Waals surface area contributed by atoms with E-state index in [-0.39, 0.29) is 16.7 Å². The van der Waals surface area contributed by atoms with Crippen molar-refractivity contribution in [2.24, 2.45) is 0 Å². The molecule has 2 aromatic rings. The molecular weight excluding hydrogens is 432 g/mol. The maximum atomic E-state index is 13.2. The van der Waals surface area contributed by atoms with E-state index in [1.807, 2.05) is 33.8 Å². The molecule has 0 spiro atoms. The second-order valence-corrected chi connectivity index (χ2v) is 8.08. The van der Waals surface area contributed by atoms with Crippen molar-refractivity contribution in [3.63, 3.8) is 0 Å². The minimum absolute atomic E-state index is 0.0753. The summed E-state index contributed by atoms with van der Waals surface area (Å²) in [5.74, 6) is -0.748. The van der Waals surface area contributed by atoms with Crippen LogP contribution >= 0.6 is 11.6 Å². The summed E-state index contributed by atoms with van der Waals surface area (Å²) in [6.45, 7) is 7.62. The Morgan fingerprint density at radius 3 is 2.34 bits per heavy atom. The number of hydrogen-bond acceptors (Lipinski definition) is 5. The molecule has 0 aromatic heterocycles. The molecule has 0 bridgehead atoms. The van der Waals surface area contributed by atoms with Crippen LogP contribution in [0.5, 0.6) is 11.5 Å². The highest BCUT2D eigenvalue weighted by Crippen LogP contribution is 2.38. The number of urea groups is 1. The van der Waals surface area contributed by atoms with Gasteiger partial charge in [-0.05, 0) is 74.2 Å². The van der Waals surface area contributed by atoms with Gasteiger partial charge in [0.2, 0.25) is 0 Å². The zero-order chi connectivity index (χ0) is 23.6. The van der Waals surface area contributed by atoms with Crippen LogP contribution in [0, 0.1) is 13.8 Å². The first-order chi connectivity index (χ1) is 15.1. The van der Waals surface area contributed by atoms with Crippen molar-refractivity contribution in [1.82, 2.24) is 5.32 Å². The Morgan fingerprint density at radius 1 is 1.09 bits per heavy atom. The van der Waals surface area contributed by atoms with E-state index in [4.69, 9.17) is 21.1 Å². The minimum Gasteiger partial charge on any atom is -0.493 e. The number of barbiturate groups is 1. The molecule has 32 heavy (non-hydrogen) atoms. The summed E-state index contributed by atoms with van der Waals surface area (Å²) in [5, 5.41) is 2.51. The van der Waals surface area contributed by atoms with Gasteiger partial charge in [0.1, 0.15) is 5.57 Å². The molecule has 1 heterocycles. The summed E-state index contributed by atoms with van der Waals surface area (Å²) < 4.78 is 11.2. The van der Waals surface area contributed by atoms with Crippen molar-refractivity contribution < 1.29 is 23.9 Å². The van der Waals surface area contributed by atoms with Crippen LogP contribution in [0.1, 0.15) is 37.0 Å². The van der Waals surface area contributed by atoms with Gasteiger partial charge in [-0.2, -0.15) is 0 Å². The third-order valence-electron chi connectivity index (χ3n) is 5.02. The van der Waals surface area contributed by atoms with Crippen LogP contribution in [0.25, 0.3) is 6.08 Å². The zero-order valence-electron chi connectivity index (χ0n) is 18.6. The molecule has 168 valence electrons. The lowest BCUT2D eigenvalue weighted by Crippen LogP contribution is -2.54. The average Bonchev–Trinajstić information content (AvgIpc) is 2.71. The van der Waals surface area contributed by atoms with Crippen LogP contribution in [0.3, 0.4) is 0 Å². The van der Waals surface area contributed by atoms with E-state index in [2.05, 4.69) is 5.32 Å². The first kappa shape index (κ1) is 23.3. The predicted octanol–water partition coefficient (Wildman–Crippen LogP) is 4.81. The van der Waals surface area contributed by atoms with E-state index in [1.165, 1.54) is 13.2 Å². The molecule has 8 heteroatoms. The second-order valence-electron chi connectivity index (χ2n) is 7.67. The molecule has 0 saturated carbocycles. The molecular formula is C24H25ClN2O5. The van der Waals surface area contributed by atoms with Gasteiger partial charge in [0.25, 0.3) is 11.8 Å². The molecule has 4 amide bonds. The Hall–Kier alpha value is -3.32. The SMILES string of the molecule is CCC(C)Oc1c(Cl)cc(/C=C2\C(=O)NC(=O)N(c3cc(C)cc(C)c3)C2=O)cc1OC. The molecule has 1 atom stereocenters. The maximum Gasteiger partial charge on any atom is 0.335 e. The normalized spacial score (nSPS) is 16.2. The number of aryl methyl sites for hydroxylation is 2. The van der Waals surface area contributed by atoms with Gasteiger partial charge in [-0.3, -0.25) is 14.9 Å². The van der Waals surface area contributed by atoms with Crippen molar-refractivity contribution in [2.45, 2.75) is 40.2 Å². The zero-order valence-corrected chi connectivity index (χ0v) is 19.4. The number of rotatable bonds is 6. The van der Waals surface area contributed by atoms with Gasteiger partial charge in [-0.25, -0.2) is 9.69 Å². The van der Waals surface area contributed by atoms with Crippen molar-refractivity contribution in [1.29, 1.82) is 0 Å². The number of halogens is 1. The number of benzene rings is 2. The predicted molar refractivity (Wildman–Crippen MR) is 123 cm³/mol. The molecule has 0 aliphatic carbocycles. The number of carbonyl (C=O) groups excluding carboxylic acids is 3. The highest BCUT2D eigenvalue weighted by atomic mass is 35.5.